The van der Waals surface area contributed by atoms with Crippen LogP contribution in [0.3, 0.4) is 0 Å². The molecule has 0 aromatic heterocycles. The zero-order valence-corrected chi connectivity index (χ0v) is 18.6. The second kappa shape index (κ2) is 9.29. The van der Waals surface area contributed by atoms with Gasteiger partial charge >= 0.3 is 0 Å². The quantitative estimate of drug-likeness (QED) is 0.465. The van der Waals surface area contributed by atoms with Crippen LogP contribution in [-0.4, -0.2) is 41.9 Å². The van der Waals surface area contributed by atoms with Gasteiger partial charge in [0.1, 0.15) is 5.82 Å². The molecule has 3 aromatic carbocycles. The smallest absolute Gasteiger partial charge is 0.258 e. The van der Waals surface area contributed by atoms with Crippen LogP contribution in [0.25, 0.3) is 0 Å². The van der Waals surface area contributed by atoms with Crippen molar-refractivity contribution in [3.63, 3.8) is 0 Å². The third kappa shape index (κ3) is 4.43. The standard InChI is InChI=1S/C24H21BrClFN2O/c25-19-11-9-18(10-12-19)23(17-5-2-1-3-6-17)28-13-15-29(16-14-28)24(30)22-20(26)7-4-8-21(22)27/h1-12,23H,13-16H2/t23-/m1/s1. The van der Waals surface area contributed by atoms with E-state index in [1.54, 1.807) is 11.0 Å². The van der Waals surface area contributed by atoms with Crippen LogP contribution in [0.5, 0.6) is 0 Å². The first-order valence-electron chi connectivity index (χ1n) is 9.82. The first-order chi connectivity index (χ1) is 14.5. The number of nitrogens with zero attached hydrogens (tertiary/aromatic N) is 2. The molecule has 0 unspecified atom stereocenters. The van der Waals surface area contributed by atoms with Crippen molar-refractivity contribution in [1.82, 2.24) is 9.80 Å². The van der Waals surface area contributed by atoms with Crippen LogP contribution >= 0.6 is 27.5 Å². The van der Waals surface area contributed by atoms with Crippen LogP contribution < -0.4 is 0 Å². The van der Waals surface area contributed by atoms with Gasteiger partial charge in [0.25, 0.3) is 5.91 Å². The number of hydrogen-bond donors (Lipinski definition) is 0. The highest BCUT2D eigenvalue weighted by Crippen LogP contribution is 2.31. The predicted molar refractivity (Wildman–Crippen MR) is 121 cm³/mol. The highest BCUT2D eigenvalue weighted by atomic mass is 79.9. The molecule has 4 rings (SSSR count). The molecular formula is C24H21BrClFN2O. The molecule has 1 fully saturated rings. The fourth-order valence-corrected chi connectivity index (χ4v) is 4.45. The Morgan fingerprint density at radius 2 is 1.50 bits per heavy atom. The minimum atomic E-state index is -0.577. The van der Waals surface area contributed by atoms with Crippen LogP contribution in [0.15, 0.2) is 77.3 Å². The van der Waals surface area contributed by atoms with Crippen LogP contribution in [0.2, 0.25) is 5.02 Å². The van der Waals surface area contributed by atoms with Gasteiger partial charge < -0.3 is 4.90 Å². The van der Waals surface area contributed by atoms with E-state index in [9.17, 15) is 9.18 Å². The van der Waals surface area contributed by atoms with Crippen molar-refractivity contribution in [1.29, 1.82) is 0 Å². The molecule has 0 bridgehead atoms. The first-order valence-corrected chi connectivity index (χ1v) is 11.0. The number of rotatable bonds is 4. The van der Waals surface area contributed by atoms with Gasteiger partial charge in [0.05, 0.1) is 16.6 Å². The summed E-state index contributed by atoms with van der Waals surface area (Å²) in [6.45, 7) is 2.41. The topological polar surface area (TPSA) is 23.6 Å². The SMILES string of the molecule is O=C(c1c(F)cccc1Cl)N1CCN([C@H](c2ccccc2)c2ccc(Br)cc2)CC1. The Balaban J connectivity index is 1.54. The normalized spacial score (nSPS) is 15.8. The molecule has 30 heavy (non-hydrogen) atoms. The molecule has 0 spiro atoms. The lowest BCUT2D eigenvalue weighted by Gasteiger charge is -2.40. The van der Waals surface area contributed by atoms with Crippen molar-refractivity contribution in [2.24, 2.45) is 0 Å². The molecular weight excluding hydrogens is 467 g/mol. The minimum Gasteiger partial charge on any atom is -0.336 e. The maximum atomic E-state index is 14.2. The molecule has 1 aliphatic rings. The highest BCUT2D eigenvalue weighted by Gasteiger charge is 2.30. The first kappa shape index (κ1) is 21.0. The summed E-state index contributed by atoms with van der Waals surface area (Å²) in [5, 5.41) is 0.152. The van der Waals surface area contributed by atoms with E-state index >= 15 is 0 Å². The summed E-state index contributed by atoms with van der Waals surface area (Å²) in [6, 6.07) is 23.1. The van der Waals surface area contributed by atoms with Gasteiger partial charge in [0.2, 0.25) is 0 Å². The van der Waals surface area contributed by atoms with Crippen molar-refractivity contribution < 1.29 is 9.18 Å². The fourth-order valence-electron chi connectivity index (χ4n) is 3.94. The Morgan fingerprint density at radius 1 is 0.867 bits per heavy atom. The maximum absolute atomic E-state index is 14.2. The van der Waals surface area contributed by atoms with Crippen molar-refractivity contribution in [2.45, 2.75) is 6.04 Å². The van der Waals surface area contributed by atoms with Crippen molar-refractivity contribution >= 4 is 33.4 Å². The number of piperazine rings is 1. The van der Waals surface area contributed by atoms with Gasteiger partial charge in [-0.2, -0.15) is 0 Å². The second-order valence-electron chi connectivity index (χ2n) is 7.29. The predicted octanol–water partition coefficient (Wildman–Crippen LogP) is 5.79. The molecule has 1 atom stereocenters. The van der Waals surface area contributed by atoms with E-state index in [1.165, 1.54) is 23.3 Å². The fraction of sp³-hybridized carbons (Fsp3) is 0.208. The Kier molecular flexibility index (Phi) is 6.52. The van der Waals surface area contributed by atoms with E-state index < -0.39 is 5.82 Å². The summed E-state index contributed by atoms with van der Waals surface area (Å²) in [6.07, 6.45) is 0. The van der Waals surface area contributed by atoms with Crippen LogP contribution in [-0.2, 0) is 0 Å². The molecule has 0 N–H and O–H groups in total. The molecule has 6 heteroatoms. The van der Waals surface area contributed by atoms with Gasteiger partial charge in [0.15, 0.2) is 0 Å². The number of amides is 1. The van der Waals surface area contributed by atoms with E-state index in [1.807, 2.05) is 30.3 Å². The summed E-state index contributed by atoms with van der Waals surface area (Å²) in [4.78, 5) is 16.9. The number of halogens is 3. The summed E-state index contributed by atoms with van der Waals surface area (Å²) in [5.41, 5.74) is 2.36. The molecule has 1 heterocycles. The zero-order chi connectivity index (χ0) is 21.1. The Bertz CT molecular complexity index is 1000. The lowest BCUT2D eigenvalue weighted by atomic mass is 9.96. The lowest BCUT2D eigenvalue weighted by molar-refractivity contribution is 0.0593. The van der Waals surface area contributed by atoms with Gasteiger partial charge in [0, 0.05) is 30.7 Å². The molecule has 1 amide bonds. The molecule has 1 aliphatic heterocycles. The van der Waals surface area contributed by atoms with Gasteiger partial charge in [-0.15, -0.1) is 0 Å². The van der Waals surface area contributed by atoms with Gasteiger partial charge in [-0.05, 0) is 35.4 Å². The number of hydrogen-bond acceptors (Lipinski definition) is 2. The van der Waals surface area contributed by atoms with Crippen molar-refractivity contribution in [3.8, 4) is 0 Å². The van der Waals surface area contributed by atoms with Crippen molar-refractivity contribution in [2.75, 3.05) is 26.2 Å². The Labute approximate surface area is 189 Å². The van der Waals surface area contributed by atoms with Gasteiger partial charge in [-0.25, -0.2) is 4.39 Å². The second-order valence-corrected chi connectivity index (χ2v) is 8.61. The zero-order valence-electron chi connectivity index (χ0n) is 16.3. The Morgan fingerprint density at radius 3 is 2.13 bits per heavy atom. The average Bonchev–Trinajstić information content (AvgIpc) is 2.76. The largest absolute Gasteiger partial charge is 0.336 e. The van der Waals surface area contributed by atoms with E-state index in [0.29, 0.717) is 26.2 Å². The number of carbonyl (C=O) groups is 1. The molecule has 3 aromatic rings. The number of carbonyl (C=O) groups excluding carboxylic acids is 1. The number of benzene rings is 3. The molecule has 154 valence electrons. The van der Waals surface area contributed by atoms with E-state index in [4.69, 9.17) is 11.6 Å². The Hall–Kier alpha value is -2.21. The summed E-state index contributed by atoms with van der Waals surface area (Å²) in [5.74, 6) is -0.926. The average molecular weight is 488 g/mol. The monoisotopic (exact) mass is 486 g/mol. The highest BCUT2D eigenvalue weighted by molar-refractivity contribution is 9.10. The van der Waals surface area contributed by atoms with Crippen molar-refractivity contribution in [3.05, 3.63) is 105 Å². The third-order valence-corrected chi connectivity index (χ3v) is 6.29. The van der Waals surface area contributed by atoms with Crippen LogP contribution in [0.1, 0.15) is 27.5 Å². The summed E-state index contributed by atoms with van der Waals surface area (Å²) >= 11 is 9.60. The molecule has 0 aliphatic carbocycles. The molecule has 0 saturated carbocycles. The molecule has 0 radical (unpaired) electrons. The van der Waals surface area contributed by atoms with Crippen LogP contribution in [0, 0.1) is 5.82 Å². The van der Waals surface area contributed by atoms with Gasteiger partial charge in [-0.1, -0.05) is 76.1 Å². The molecule has 3 nitrogen and oxygen atoms in total. The third-order valence-electron chi connectivity index (χ3n) is 5.44. The van der Waals surface area contributed by atoms with E-state index in [2.05, 4.69) is 45.1 Å². The minimum absolute atomic E-state index is 0.0415. The van der Waals surface area contributed by atoms with E-state index in [0.717, 1.165) is 4.47 Å². The maximum Gasteiger partial charge on any atom is 0.258 e. The summed E-state index contributed by atoms with van der Waals surface area (Å²) in [7, 11) is 0. The van der Waals surface area contributed by atoms with Crippen LogP contribution in [0.4, 0.5) is 4.39 Å². The molecule has 1 saturated heterocycles. The lowest BCUT2D eigenvalue weighted by Crippen LogP contribution is -2.50. The summed E-state index contributed by atoms with van der Waals surface area (Å²) < 4.78 is 15.2. The van der Waals surface area contributed by atoms with E-state index in [-0.39, 0.29) is 22.5 Å². The van der Waals surface area contributed by atoms with Gasteiger partial charge in [-0.3, -0.25) is 9.69 Å².